The number of rotatable bonds is 2. The highest BCUT2D eigenvalue weighted by molar-refractivity contribution is 5.08. The SMILES string of the molecule is C=CCN1C[C@H]2CON3CCC[C@]23C1. The highest BCUT2D eigenvalue weighted by Gasteiger charge is 2.57. The van der Waals surface area contributed by atoms with Crippen molar-refractivity contribution in [3.05, 3.63) is 12.7 Å². The average molecular weight is 194 g/mol. The summed E-state index contributed by atoms with van der Waals surface area (Å²) in [6, 6.07) is 0. The summed E-state index contributed by atoms with van der Waals surface area (Å²) in [5, 5.41) is 2.26. The van der Waals surface area contributed by atoms with Crippen molar-refractivity contribution in [2.24, 2.45) is 5.92 Å². The largest absolute Gasteiger partial charge is 0.298 e. The maximum atomic E-state index is 5.74. The Morgan fingerprint density at radius 2 is 2.50 bits per heavy atom. The molecular formula is C11H18N2O. The first kappa shape index (κ1) is 8.89. The van der Waals surface area contributed by atoms with E-state index in [1.165, 1.54) is 25.9 Å². The van der Waals surface area contributed by atoms with Crippen LogP contribution in [0.5, 0.6) is 0 Å². The maximum Gasteiger partial charge on any atom is 0.0744 e. The molecule has 0 radical (unpaired) electrons. The van der Waals surface area contributed by atoms with Gasteiger partial charge in [0.15, 0.2) is 0 Å². The van der Waals surface area contributed by atoms with E-state index in [1.54, 1.807) is 0 Å². The van der Waals surface area contributed by atoms with Gasteiger partial charge in [0.25, 0.3) is 0 Å². The van der Waals surface area contributed by atoms with Crippen LogP contribution in [0.25, 0.3) is 0 Å². The zero-order valence-corrected chi connectivity index (χ0v) is 8.61. The summed E-state index contributed by atoms with van der Waals surface area (Å²) in [5.41, 5.74) is 0.378. The van der Waals surface area contributed by atoms with Crippen LogP contribution in [0.2, 0.25) is 0 Å². The third-order valence-corrected chi connectivity index (χ3v) is 4.02. The van der Waals surface area contributed by atoms with Gasteiger partial charge in [-0.3, -0.25) is 9.74 Å². The highest BCUT2D eigenvalue weighted by atomic mass is 16.7. The van der Waals surface area contributed by atoms with E-state index < -0.39 is 0 Å². The van der Waals surface area contributed by atoms with Crippen LogP contribution in [0.1, 0.15) is 12.8 Å². The Kier molecular flexibility index (Phi) is 1.94. The minimum Gasteiger partial charge on any atom is -0.298 e. The second-order valence-electron chi connectivity index (χ2n) is 4.78. The lowest BCUT2D eigenvalue weighted by atomic mass is 9.87. The quantitative estimate of drug-likeness (QED) is 0.607. The molecule has 1 spiro atoms. The molecule has 0 aromatic rings. The van der Waals surface area contributed by atoms with Crippen LogP contribution in [0.15, 0.2) is 12.7 Å². The predicted octanol–water partition coefficient (Wildman–Crippen LogP) is 0.884. The van der Waals surface area contributed by atoms with Crippen molar-refractivity contribution in [3.63, 3.8) is 0 Å². The van der Waals surface area contributed by atoms with Crippen molar-refractivity contribution in [2.75, 3.05) is 32.8 Å². The first-order chi connectivity index (χ1) is 6.85. The van der Waals surface area contributed by atoms with Gasteiger partial charge in [0.1, 0.15) is 0 Å². The molecule has 0 aromatic heterocycles. The van der Waals surface area contributed by atoms with Gasteiger partial charge in [0.05, 0.1) is 12.1 Å². The number of hydroxylamine groups is 2. The Labute approximate surface area is 85.3 Å². The van der Waals surface area contributed by atoms with Crippen molar-refractivity contribution < 1.29 is 4.84 Å². The molecule has 0 N–H and O–H groups in total. The summed E-state index contributed by atoms with van der Waals surface area (Å²) in [6.45, 7) is 9.31. The van der Waals surface area contributed by atoms with Gasteiger partial charge in [0, 0.05) is 32.1 Å². The second-order valence-corrected chi connectivity index (χ2v) is 4.78. The molecule has 3 heterocycles. The standard InChI is InChI=1S/C11H18N2O/c1-2-5-12-7-10-8-14-13-6-3-4-11(10,13)9-12/h2,10H,1,3-9H2/t10-,11-/m0/s1. The molecule has 3 saturated heterocycles. The van der Waals surface area contributed by atoms with E-state index in [4.69, 9.17) is 4.84 Å². The average Bonchev–Trinajstić information content (AvgIpc) is 2.74. The number of hydrogen-bond acceptors (Lipinski definition) is 3. The van der Waals surface area contributed by atoms with Crippen LogP contribution in [0.3, 0.4) is 0 Å². The van der Waals surface area contributed by atoms with Crippen molar-refractivity contribution >= 4 is 0 Å². The minimum atomic E-state index is 0.378. The van der Waals surface area contributed by atoms with Crippen LogP contribution in [0, 0.1) is 5.92 Å². The van der Waals surface area contributed by atoms with E-state index in [9.17, 15) is 0 Å². The number of nitrogens with zero attached hydrogens (tertiary/aromatic N) is 2. The van der Waals surface area contributed by atoms with Crippen molar-refractivity contribution in [1.29, 1.82) is 0 Å². The van der Waals surface area contributed by atoms with Crippen LogP contribution < -0.4 is 0 Å². The van der Waals surface area contributed by atoms with Crippen LogP contribution >= 0.6 is 0 Å². The molecule has 3 nitrogen and oxygen atoms in total. The van der Waals surface area contributed by atoms with Crippen molar-refractivity contribution in [3.8, 4) is 0 Å². The molecule has 3 heteroatoms. The van der Waals surface area contributed by atoms with Crippen molar-refractivity contribution in [1.82, 2.24) is 9.96 Å². The van der Waals surface area contributed by atoms with Gasteiger partial charge in [-0.1, -0.05) is 6.08 Å². The van der Waals surface area contributed by atoms with Gasteiger partial charge in [-0.05, 0) is 12.8 Å². The van der Waals surface area contributed by atoms with E-state index >= 15 is 0 Å². The van der Waals surface area contributed by atoms with E-state index in [-0.39, 0.29) is 0 Å². The fourth-order valence-corrected chi connectivity index (χ4v) is 3.41. The first-order valence-electron chi connectivity index (χ1n) is 5.59. The topological polar surface area (TPSA) is 15.7 Å². The Morgan fingerprint density at radius 3 is 3.36 bits per heavy atom. The lowest BCUT2D eigenvalue weighted by molar-refractivity contribution is -0.144. The lowest BCUT2D eigenvalue weighted by Crippen LogP contribution is -2.44. The summed E-state index contributed by atoms with van der Waals surface area (Å²) in [7, 11) is 0. The van der Waals surface area contributed by atoms with E-state index in [1.807, 2.05) is 6.08 Å². The summed E-state index contributed by atoms with van der Waals surface area (Å²) in [6.07, 6.45) is 4.64. The van der Waals surface area contributed by atoms with Gasteiger partial charge >= 0.3 is 0 Å². The molecule has 0 saturated carbocycles. The highest BCUT2D eigenvalue weighted by Crippen LogP contribution is 2.45. The Morgan fingerprint density at radius 1 is 1.57 bits per heavy atom. The van der Waals surface area contributed by atoms with Gasteiger partial charge in [-0.2, -0.15) is 5.06 Å². The summed E-state index contributed by atoms with van der Waals surface area (Å²) < 4.78 is 0. The van der Waals surface area contributed by atoms with Gasteiger partial charge in [-0.15, -0.1) is 6.58 Å². The third-order valence-electron chi connectivity index (χ3n) is 4.02. The molecule has 78 valence electrons. The molecule has 0 unspecified atom stereocenters. The third kappa shape index (κ3) is 1.03. The molecule has 3 rings (SSSR count). The van der Waals surface area contributed by atoms with Gasteiger partial charge < -0.3 is 0 Å². The molecule has 0 bridgehead atoms. The van der Waals surface area contributed by atoms with Crippen LogP contribution in [-0.2, 0) is 4.84 Å². The lowest BCUT2D eigenvalue weighted by Gasteiger charge is -2.29. The first-order valence-corrected chi connectivity index (χ1v) is 5.59. The minimum absolute atomic E-state index is 0.378. The zero-order valence-electron chi connectivity index (χ0n) is 8.61. The smallest absolute Gasteiger partial charge is 0.0744 e. The van der Waals surface area contributed by atoms with E-state index in [0.717, 1.165) is 25.6 Å². The Hall–Kier alpha value is -0.380. The van der Waals surface area contributed by atoms with Crippen LogP contribution in [-0.4, -0.2) is 48.3 Å². The van der Waals surface area contributed by atoms with Gasteiger partial charge in [0.2, 0.25) is 0 Å². The zero-order chi connectivity index (χ0) is 9.60. The maximum absolute atomic E-state index is 5.74. The molecule has 14 heavy (non-hydrogen) atoms. The number of hydrogen-bond donors (Lipinski definition) is 0. The van der Waals surface area contributed by atoms with Gasteiger partial charge in [-0.25, -0.2) is 0 Å². The molecule has 0 aromatic carbocycles. The fourth-order valence-electron chi connectivity index (χ4n) is 3.41. The van der Waals surface area contributed by atoms with Crippen LogP contribution in [0.4, 0.5) is 0 Å². The number of likely N-dealkylation sites (tertiary alicyclic amines) is 1. The second kappa shape index (κ2) is 3.05. The van der Waals surface area contributed by atoms with Crippen molar-refractivity contribution in [2.45, 2.75) is 18.4 Å². The summed E-state index contributed by atoms with van der Waals surface area (Å²) in [4.78, 5) is 8.25. The predicted molar refractivity (Wildman–Crippen MR) is 54.8 cm³/mol. The summed E-state index contributed by atoms with van der Waals surface area (Å²) in [5.74, 6) is 0.741. The molecule has 0 amide bonds. The molecule has 2 atom stereocenters. The molecule has 0 aliphatic carbocycles. The molecule has 3 aliphatic rings. The Balaban J connectivity index is 1.80. The fraction of sp³-hybridized carbons (Fsp3) is 0.818. The normalized spacial score (nSPS) is 42.7. The van der Waals surface area contributed by atoms with E-state index in [0.29, 0.717) is 5.54 Å². The Bertz CT molecular complexity index is 256. The molecule has 3 aliphatic heterocycles. The van der Waals surface area contributed by atoms with E-state index in [2.05, 4.69) is 16.5 Å². The molecule has 3 fully saturated rings. The monoisotopic (exact) mass is 194 g/mol. The molecular weight excluding hydrogens is 176 g/mol. The summed E-state index contributed by atoms with van der Waals surface area (Å²) >= 11 is 0.